The van der Waals surface area contributed by atoms with Crippen molar-refractivity contribution >= 4 is 0 Å². The molecule has 0 unspecified atom stereocenters. The van der Waals surface area contributed by atoms with E-state index in [1.54, 1.807) is 0 Å². The Labute approximate surface area is 90.3 Å². The van der Waals surface area contributed by atoms with E-state index in [0.717, 1.165) is 12.8 Å². The smallest absolute Gasteiger partial charge is 0.100 e. The summed E-state index contributed by atoms with van der Waals surface area (Å²) in [4.78, 5) is 0. The third-order valence-corrected chi connectivity index (χ3v) is 2.12. The van der Waals surface area contributed by atoms with E-state index in [9.17, 15) is 0 Å². The van der Waals surface area contributed by atoms with Gasteiger partial charge in [0, 0.05) is 6.61 Å². The van der Waals surface area contributed by atoms with E-state index in [4.69, 9.17) is 14.9 Å². The molecule has 3 nitrogen and oxygen atoms in total. The maximum absolute atomic E-state index is 9.00. The molecule has 1 atom stereocenters. The fraction of sp³-hybridized carbons (Fsp3) is 0.500. The molecule has 0 fully saturated rings. The van der Waals surface area contributed by atoms with Gasteiger partial charge >= 0.3 is 0 Å². The average molecular weight is 210 g/mol. The zero-order valence-corrected chi connectivity index (χ0v) is 8.80. The highest BCUT2D eigenvalue weighted by Crippen LogP contribution is 2.02. The summed E-state index contributed by atoms with van der Waals surface area (Å²) in [6, 6.07) is 10.2. The van der Waals surface area contributed by atoms with Crippen molar-refractivity contribution in [1.82, 2.24) is 0 Å². The molecule has 0 saturated heterocycles. The second-order valence-corrected chi connectivity index (χ2v) is 3.50. The highest BCUT2D eigenvalue weighted by Gasteiger charge is 2.00. The number of rotatable bonds is 7. The standard InChI is InChI=1S/C12H18O3/c13-9-12(14)10-15-8-4-7-11-5-2-1-3-6-11/h1-3,5-6,12-14H,4,7-10H2/t12-/m0/s1. The van der Waals surface area contributed by atoms with Crippen LogP contribution in [0.5, 0.6) is 0 Å². The van der Waals surface area contributed by atoms with Crippen LogP contribution in [0.2, 0.25) is 0 Å². The number of hydrogen-bond acceptors (Lipinski definition) is 3. The molecule has 1 aromatic carbocycles. The molecule has 0 saturated carbocycles. The molecule has 0 heterocycles. The number of ether oxygens (including phenoxy) is 1. The number of benzene rings is 1. The van der Waals surface area contributed by atoms with E-state index in [0.29, 0.717) is 6.61 Å². The lowest BCUT2D eigenvalue weighted by molar-refractivity contribution is 0.00575. The summed E-state index contributed by atoms with van der Waals surface area (Å²) < 4.78 is 5.20. The van der Waals surface area contributed by atoms with Gasteiger partial charge in [-0.05, 0) is 18.4 Å². The lowest BCUT2D eigenvalue weighted by Crippen LogP contribution is -2.19. The SMILES string of the molecule is OC[C@H](O)COCCCc1ccccc1. The molecule has 84 valence electrons. The lowest BCUT2D eigenvalue weighted by Gasteiger charge is -2.07. The molecule has 1 aromatic rings. The minimum atomic E-state index is -0.748. The average Bonchev–Trinajstić information content (AvgIpc) is 2.29. The number of hydrogen-bond donors (Lipinski definition) is 2. The van der Waals surface area contributed by atoms with Gasteiger partial charge in [-0.3, -0.25) is 0 Å². The van der Waals surface area contributed by atoms with Gasteiger partial charge in [0.25, 0.3) is 0 Å². The fourth-order valence-electron chi connectivity index (χ4n) is 1.30. The van der Waals surface area contributed by atoms with E-state index in [1.165, 1.54) is 5.56 Å². The predicted molar refractivity (Wildman–Crippen MR) is 58.7 cm³/mol. The summed E-state index contributed by atoms with van der Waals surface area (Å²) in [7, 11) is 0. The first-order valence-electron chi connectivity index (χ1n) is 5.23. The van der Waals surface area contributed by atoms with Gasteiger partial charge in [0.1, 0.15) is 6.10 Å². The monoisotopic (exact) mass is 210 g/mol. The summed E-state index contributed by atoms with van der Waals surface area (Å²) >= 11 is 0. The van der Waals surface area contributed by atoms with Crippen molar-refractivity contribution in [3.8, 4) is 0 Å². The van der Waals surface area contributed by atoms with E-state index in [-0.39, 0.29) is 13.2 Å². The Bertz CT molecular complexity index is 248. The molecule has 15 heavy (non-hydrogen) atoms. The molecule has 0 aliphatic heterocycles. The molecule has 0 aromatic heterocycles. The van der Waals surface area contributed by atoms with E-state index < -0.39 is 6.10 Å². The van der Waals surface area contributed by atoms with Crippen molar-refractivity contribution in [2.45, 2.75) is 18.9 Å². The second-order valence-electron chi connectivity index (χ2n) is 3.50. The van der Waals surface area contributed by atoms with Crippen LogP contribution in [0.15, 0.2) is 30.3 Å². The third-order valence-electron chi connectivity index (χ3n) is 2.12. The maximum atomic E-state index is 9.00. The van der Waals surface area contributed by atoms with Crippen molar-refractivity contribution in [3.63, 3.8) is 0 Å². The molecular weight excluding hydrogens is 192 g/mol. The summed E-state index contributed by atoms with van der Waals surface area (Å²) in [5, 5.41) is 17.5. The second kappa shape index (κ2) is 7.40. The Hall–Kier alpha value is -0.900. The summed E-state index contributed by atoms with van der Waals surface area (Å²) in [6.07, 6.45) is 1.17. The van der Waals surface area contributed by atoms with Crippen LogP contribution in [-0.2, 0) is 11.2 Å². The minimum Gasteiger partial charge on any atom is -0.394 e. The molecular formula is C12H18O3. The Morgan fingerprint density at radius 2 is 1.93 bits per heavy atom. The molecule has 0 radical (unpaired) electrons. The number of aliphatic hydroxyl groups is 2. The van der Waals surface area contributed by atoms with Gasteiger partial charge in [-0.25, -0.2) is 0 Å². The number of aryl methyl sites for hydroxylation is 1. The first kappa shape index (κ1) is 12.2. The molecule has 1 rings (SSSR count). The van der Waals surface area contributed by atoms with Gasteiger partial charge in [0.2, 0.25) is 0 Å². The third kappa shape index (κ3) is 5.52. The highest BCUT2D eigenvalue weighted by atomic mass is 16.5. The van der Waals surface area contributed by atoms with Crippen molar-refractivity contribution in [3.05, 3.63) is 35.9 Å². The topological polar surface area (TPSA) is 49.7 Å². The molecule has 0 spiro atoms. The first-order valence-corrected chi connectivity index (χ1v) is 5.23. The quantitative estimate of drug-likeness (QED) is 0.660. The van der Waals surface area contributed by atoms with E-state index in [1.807, 2.05) is 18.2 Å². The normalized spacial score (nSPS) is 12.7. The highest BCUT2D eigenvalue weighted by molar-refractivity contribution is 5.14. The Balaban J connectivity index is 2.03. The summed E-state index contributed by atoms with van der Waals surface area (Å²) in [5.74, 6) is 0. The van der Waals surface area contributed by atoms with Crippen molar-refractivity contribution in [2.75, 3.05) is 19.8 Å². The van der Waals surface area contributed by atoms with Crippen LogP contribution in [0.4, 0.5) is 0 Å². The maximum Gasteiger partial charge on any atom is 0.100 e. The van der Waals surface area contributed by atoms with E-state index >= 15 is 0 Å². The Morgan fingerprint density at radius 3 is 2.60 bits per heavy atom. The van der Waals surface area contributed by atoms with Crippen LogP contribution < -0.4 is 0 Å². The van der Waals surface area contributed by atoms with Crippen molar-refractivity contribution in [1.29, 1.82) is 0 Å². The number of aliphatic hydroxyl groups excluding tert-OH is 2. The summed E-state index contributed by atoms with van der Waals surface area (Å²) in [5.41, 5.74) is 1.30. The fourth-order valence-corrected chi connectivity index (χ4v) is 1.30. The summed E-state index contributed by atoms with van der Waals surface area (Å²) in [6.45, 7) is 0.593. The predicted octanol–water partition coefficient (Wildman–Crippen LogP) is 0.989. The van der Waals surface area contributed by atoms with Crippen LogP contribution in [0.25, 0.3) is 0 Å². The van der Waals surface area contributed by atoms with Crippen LogP contribution in [0, 0.1) is 0 Å². The van der Waals surface area contributed by atoms with Crippen molar-refractivity contribution < 1.29 is 14.9 Å². The van der Waals surface area contributed by atoms with Crippen LogP contribution in [0.1, 0.15) is 12.0 Å². The van der Waals surface area contributed by atoms with Crippen LogP contribution >= 0.6 is 0 Å². The largest absolute Gasteiger partial charge is 0.394 e. The molecule has 0 aliphatic rings. The van der Waals surface area contributed by atoms with Crippen molar-refractivity contribution in [2.24, 2.45) is 0 Å². The van der Waals surface area contributed by atoms with Gasteiger partial charge in [-0.1, -0.05) is 30.3 Å². The zero-order chi connectivity index (χ0) is 10.9. The van der Waals surface area contributed by atoms with Crippen LogP contribution in [-0.4, -0.2) is 36.1 Å². The van der Waals surface area contributed by atoms with Gasteiger partial charge in [-0.2, -0.15) is 0 Å². The minimum absolute atomic E-state index is 0.214. The Morgan fingerprint density at radius 1 is 1.20 bits per heavy atom. The molecule has 0 aliphatic carbocycles. The molecule has 0 amide bonds. The lowest BCUT2D eigenvalue weighted by atomic mass is 10.1. The van der Waals surface area contributed by atoms with Gasteiger partial charge in [0.15, 0.2) is 0 Å². The molecule has 3 heteroatoms. The van der Waals surface area contributed by atoms with Gasteiger partial charge < -0.3 is 14.9 Å². The van der Waals surface area contributed by atoms with E-state index in [2.05, 4.69) is 12.1 Å². The Kier molecular flexibility index (Phi) is 6.00. The first-order chi connectivity index (χ1) is 7.33. The van der Waals surface area contributed by atoms with Crippen LogP contribution in [0.3, 0.4) is 0 Å². The van der Waals surface area contributed by atoms with Gasteiger partial charge in [0.05, 0.1) is 13.2 Å². The molecule has 0 bridgehead atoms. The zero-order valence-electron chi connectivity index (χ0n) is 8.80. The van der Waals surface area contributed by atoms with Gasteiger partial charge in [-0.15, -0.1) is 0 Å². The molecule has 2 N–H and O–H groups in total.